The second kappa shape index (κ2) is 32.4. The van der Waals surface area contributed by atoms with Crippen molar-refractivity contribution in [2.45, 2.75) is 218 Å². The molecule has 512 valence electrons. The maximum atomic E-state index is 15.4. The van der Waals surface area contributed by atoms with Gasteiger partial charge in [0, 0.05) is 48.8 Å². The van der Waals surface area contributed by atoms with Crippen LogP contribution in [0.1, 0.15) is 162 Å². The molecule has 8 atom stereocenters. The van der Waals surface area contributed by atoms with Gasteiger partial charge in [0.15, 0.2) is 0 Å². The lowest BCUT2D eigenvalue weighted by Crippen LogP contribution is -2.65. The van der Waals surface area contributed by atoms with Gasteiger partial charge in [-0.1, -0.05) is 90.1 Å². The first kappa shape index (κ1) is 75.3. The van der Waals surface area contributed by atoms with E-state index in [4.69, 9.17) is 9.47 Å². The summed E-state index contributed by atoms with van der Waals surface area (Å²) in [4.78, 5) is 152. The van der Waals surface area contributed by atoms with Gasteiger partial charge in [-0.2, -0.15) is 13.2 Å². The molecule has 0 radical (unpaired) electrons. The van der Waals surface area contributed by atoms with Crippen molar-refractivity contribution in [3.8, 4) is 0 Å². The fourth-order valence-corrected chi connectivity index (χ4v) is 12.4. The van der Waals surface area contributed by atoms with E-state index in [0.29, 0.717) is 56.2 Å². The van der Waals surface area contributed by atoms with E-state index in [-0.39, 0.29) is 50.3 Å². The maximum Gasteiger partial charge on any atom is 0.422 e. The number of amides is 9. The summed E-state index contributed by atoms with van der Waals surface area (Å²) in [5, 5.41) is 8.33. The zero-order valence-corrected chi connectivity index (χ0v) is 55.8. The molecule has 2 aromatic carbocycles. The molecule has 3 fully saturated rings. The van der Waals surface area contributed by atoms with Crippen molar-refractivity contribution in [2.75, 3.05) is 48.8 Å². The second-order valence-electron chi connectivity index (χ2n) is 26.7. The quantitative estimate of drug-likeness (QED) is 0.0580. The number of hydrogen-bond acceptors (Lipinski definition) is 12. The van der Waals surface area contributed by atoms with Gasteiger partial charge in [-0.15, -0.1) is 0 Å². The van der Waals surface area contributed by atoms with E-state index in [9.17, 15) is 60.3 Å². The van der Waals surface area contributed by atoms with Gasteiger partial charge in [0.2, 0.25) is 47.3 Å². The van der Waals surface area contributed by atoms with Gasteiger partial charge < -0.3 is 54.8 Å². The Labute approximate surface area is 537 Å². The van der Waals surface area contributed by atoms with Crippen LogP contribution in [0.15, 0.2) is 42.5 Å². The highest BCUT2D eigenvalue weighted by molar-refractivity contribution is 6.00. The highest BCUT2D eigenvalue weighted by Crippen LogP contribution is 2.38. The molecule has 21 nitrogen and oxygen atoms in total. The highest BCUT2D eigenvalue weighted by atomic mass is 19.4. The van der Waals surface area contributed by atoms with Crippen molar-refractivity contribution in [3.05, 3.63) is 70.8 Å². The molecule has 2 saturated carbocycles. The molecule has 0 aromatic heterocycles. The van der Waals surface area contributed by atoms with E-state index in [0.717, 1.165) is 17.7 Å². The Bertz CT molecular complexity index is 2930. The van der Waals surface area contributed by atoms with E-state index in [1.807, 2.05) is 20.8 Å². The average Bonchev–Trinajstić information content (AvgIpc) is 1.43. The Morgan fingerprint density at radius 3 is 1.86 bits per heavy atom. The molecule has 3 aliphatic rings. The number of carbonyl (C=O) groups excluding carboxylic acids is 10. The monoisotopic (exact) mass is 1300 g/mol. The van der Waals surface area contributed by atoms with Crippen molar-refractivity contribution in [1.29, 1.82) is 0 Å². The number of ether oxygens (including phenoxy) is 2. The standard InChI is InChI=1S/C66H96F5N9O12/c1-15-40(4)53(59(86)76(11)41(5)61(88)92-64(6,7)8)73-55(82)49(34-39(2)3)77(12)51(81)37-50(58(85)75(9)10)78(13)60(87)54(44-26-19-20-27-44)79(14)62(89)65(31-21-22-32-65)74-56(83)48-28-23-33-80(48)57(84)47(72-63(90)91-38-42-24-17-16-18-25-42)30-29-43-35-45(67)52(46(68)36-43)66(69,70)71/h16-18,24-25,35-36,39-41,44,47-50,53-54H,15,19-23,26-34,37-38H2,1-14H3,(H,72,90)(H,73,82)(H,74,83)/t40-,41-,47-,48-,49-,50-,53-,54-/m0/s1. The zero-order chi connectivity index (χ0) is 68.9. The van der Waals surface area contributed by atoms with E-state index in [1.54, 1.807) is 58.0 Å². The third-order valence-electron chi connectivity index (χ3n) is 18.0. The first-order chi connectivity index (χ1) is 42.9. The van der Waals surface area contributed by atoms with E-state index < -0.39 is 167 Å². The minimum Gasteiger partial charge on any atom is -0.458 e. The number of hydrogen-bond donors (Lipinski definition) is 3. The van der Waals surface area contributed by atoms with Crippen LogP contribution >= 0.6 is 0 Å². The summed E-state index contributed by atoms with van der Waals surface area (Å²) in [6.07, 6.45) is -3.05. The molecule has 5 rings (SSSR count). The molecule has 0 spiro atoms. The van der Waals surface area contributed by atoms with Gasteiger partial charge >= 0.3 is 18.2 Å². The zero-order valence-electron chi connectivity index (χ0n) is 55.8. The van der Waals surface area contributed by atoms with Crippen molar-refractivity contribution in [1.82, 2.24) is 45.3 Å². The van der Waals surface area contributed by atoms with Crippen molar-refractivity contribution in [2.24, 2.45) is 17.8 Å². The smallest absolute Gasteiger partial charge is 0.422 e. The molecule has 92 heavy (non-hydrogen) atoms. The van der Waals surface area contributed by atoms with Crippen LogP contribution in [0.3, 0.4) is 0 Å². The number of aryl methyl sites for hydroxylation is 1. The van der Waals surface area contributed by atoms with Crippen molar-refractivity contribution >= 4 is 59.3 Å². The predicted octanol–water partition coefficient (Wildman–Crippen LogP) is 7.55. The molecule has 2 aromatic rings. The molecule has 3 N–H and O–H groups in total. The molecular weight excluding hydrogens is 1210 g/mol. The number of benzene rings is 2. The van der Waals surface area contributed by atoms with Gasteiger partial charge in [-0.3, -0.25) is 38.4 Å². The maximum absolute atomic E-state index is 15.4. The molecule has 1 aliphatic heterocycles. The van der Waals surface area contributed by atoms with Gasteiger partial charge in [-0.25, -0.2) is 18.4 Å². The fraction of sp³-hybridized carbons (Fsp3) is 0.667. The van der Waals surface area contributed by atoms with Crippen LogP contribution in [0.5, 0.6) is 0 Å². The minimum atomic E-state index is -5.33. The summed E-state index contributed by atoms with van der Waals surface area (Å²) in [7, 11) is 8.62. The summed E-state index contributed by atoms with van der Waals surface area (Å²) in [5.41, 5.74) is -4.16. The summed E-state index contributed by atoms with van der Waals surface area (Å²) in [5.74, 6) is -10.7. The lowest BCUT2D eigenvalue weighted by atomic mass is 9.90. The number of rotatable bonds is 27. The van der Waals surface area contributed by atoms with E-state index >= 15 is 9.59 Å². The first-order valence-corrected chi connectivity index (χ1v) is 31.9. The number of esters is 1. The van der Waals surface area contributed by atoms with Crippen LogP contribution in [0.2, 0.25) is 0 Å². The topological polar surface area (TPSA) is 245 Å². The third-order valence-corrected chi connectivity index (χ3v) is 18.0. The number of likely N-dealkylation sites (tertiary alicyclic amines) is 1. The molecule has 2 aliphatic carbocycles. The van der Waals surface area contributed by atoms with Crippen molar-refractivity contribution < 1.29 is 79.4 Å². The van der Waals surface area contributed by atoms with Gasteiger partial charge in [0.1, 0.15) is 77.2 Å². The summed E-state index contributed by atoms with van der Waals surface area (Å²) >= 11 is 0. The number of nitrogens with zero attached hydrogens (tertiary/aromatic N) is 6. The van der Waals surface area contributed by atoms with E-state index in [2.05, 4.69) is 16.0 Å². The Kier molecular flexibility index (Phi) is 26.5. The minimum absolute atomic E-state index is 0.00447. The lowest BCUT2D eigenvalue weighted by molar-refractivity contribution is -0.164. The normalized spacial score (nSPS) is 18.1. The summed E-state index contributed by atoms with van der Waals surface area (Å²) in [6, 6.07) is 0.848. The number of nitrogens with one attached hydrogen (secondary N) is 3. The van der Waals surface area contributed by atoms with Crippen LogP contribution in [-0.2, 0) is 71.8 Å². The number of halogens is 5. The summed E-state index contributed by atoms with van der Waals surface area (Å²) < 4.78 is 80.8. The van der Waals surface area contributed by atoms with Crippen LogP contribution in [0.4, 0.5) is 26.7 Å². The second-order valence-corrected chi connectivity index (χ2v) is 26.7. The lowest BCUT2D eigenvalue weighted by Gasteiger charge is -2.42. The Morgan fingerprint density at radius 2 is 1.32 bits per heavy atom. The number of carbonyl (C=O) groups is 10. The van der Waals surface area contributed by atoms with Crippen LogP contribution in [-0.4, -0.2) is 191 Å². The molecule has 1 heterocycles. The Morgan fingerprint density at radius 1 is 0.717 bits per heavy atom. The molecule has 0 bridgehead atoms. The largest absolute Gasteiger partial charge is 0.458 e. The number of alkyl carbamates (subject to hydrolysis) is 1. The summed E-state index contributed by atoms with van der Waals surface area (Å²) in [6.45, 7) is 13.7. The molecule has 0 unspecified atom stereocenters. The highest BCUT2D eigenvalue weighted by Gasteiger charge is 2.51. The Balaban J connectivity index is 1.39. The van der Waals surface area contributed by atoms with Crippen LogP contribution in [0.25, 0.3) is 0 Å². The van der Waals surface area contributed by atoms with Crippen LogP contribution < -0.4 is 16.0 Å². The molecular formula is C66H96F5N9O12. The predicted molar refractivity (Wildman–Crippen MR) is 331 cm³/mol. The third kappa shape index (κ3) is 19.3. The number of likely N-dealkylation sites (N-methyl/N-ethyl adjacent to an activating group) is 5. The van der Waals surface area contributed by atoms with Crippen LogP contribution in [0, 0.1) is 29.4 Å². The molecule has 26 heteroatoms. The first-order valence-electron chi connectivity index (χ1n) is 31.9. The fourth-order valence-electron chi connectivity index (χ4n) is 12.4. The van der Waals surface area contributed by atoms with Crippen molar-refractivity contribution in [3.63, 3.8) is 0 Å². The Hall–Kier alpha value is -7.41. The van der Waals surface area contributed by atoms with E-state index in [1.165, 1.54) is 73.7 Å². The van der Waals surface area contributed by atoms with Gasteiger partial charge in [0.05, 0.1) is 6.42 Å². The molecule has 9 amide bonds. The number of alkyl halides is 3. The average molecular weight is 1300 g/mol. The molecule has 1 saturated heterocycles. The SMILES string of the molecule is CC[C@H](C)[C@H](NC(=O)[C@H](CC(C)C)N(C)C(=O)C[C@@H](C(=O)N(C)C)N(C)C(=O)[C@H](C1CCCC1)N(C)C(=O)C1(NC(=O)[C@@H]2CCCN2C(=O)[C@H](CCc2cc(F)c(C(F)(F)F)c(F)c2)NC(=O)OCc2ccccc2)CCCC1)C(=O)N(C)[C@@H](C)C(=O)OC(C)(C)C. The van der Waals surface area contributed by atoms with Gasteiger partial charge in [-0.05, 0) is 126 Å². The van der Waals surface area contributed by atoms with Gasteiger partial charge in [0.25, 0.3) is 0 Å².